The van der Waals surface area contributed by atoms with Crippen molar-refractivity contribution in [3.63, 3.8) is 0 Å². The van der Waals surface area contributed by atoms with Gasteiger partial charge in [0, 0.05) is 19.3 Å². The topological polar surface area (TPSA) is 66.5 Å². The van der Waals surface area contributed by atoms with Crippen molar-refractivity contribution in [2.45, 2.75) is 0 Å². The second kappa shape index (κ2) is 8.64. The zero-order valence-corrected chi connectivity index (χ0v) is 18.0. The van der Waals surface area contributed by atoms with Crippen LogP contribution in [0, 0.1) is 3.57 Å². The fourth-order valence-electron chi connectivity index (χ4n) is 2.27. The van der Waals surface area contributed by atoms with E-state index >= 15 is 0 Å². The molecule has 1 aliphatic rings. The van der Waals surface area contributed by atoms with Gasteiger partial charge in [0.05, 0.1) is 4.91 Å². The van der Waals surface area contributed by atoms with Gasteiger partial charge in [-0.25, -0.2) is 0 Å². The van der Waals surface area contributed by atoms with Crippen molar-refractivity contribution < 1.29 is 14.4 Å². The smallest absolute Gasteiger partial charge is 0.294 e. The Morgan fingerprint density at radius 3 is 2.52 bits per heavy atom. The molecule has 0 radical (unpaired) electrons. The van der Waals surface area contributed by atoms with E-state index in [0.29, 0.717) is 21.3 Å². The number of hydrogen-bond acceptors (Lipinski definition) is 4. The van der Waals surface area contributed by atoms with E-state index in [-0.39, 0.29) is 11.4 Å². The Hall–Kier alpha value is -1.55. The van der Waals surface area contributed by atoms with Gasteiger partial charge in [0.2, 0.25) is 5.91 Å². The average Bonchev–Trinajstić information content (AvgIpc) is 2.87. The Morgan fingerprint density at radius 1 is 1.15 bits per heavy atom. The van der Waals surface area contributed by atoms with Crippen LogP contribution in [0.5, 0.6) is 0 Å². The number of thioether (sulfide) groups is 1. The van der Waals surface area contributed by atoms with E-state index in [1.807, 2.05) is 12.1 Å². The van der Waals surface area contributed by atoms with E-state index in [9.17, 15) is 14.4 Å². The van der Waals surface area contributed by atoms with Crippen molar-refractivity contribution in [3.05, 3.63) is 66.5 Å². The molecule has 2 aromatic carbocycles. The van der Waals surface area contributed by atoms with Crippen molar-refractivity contribution in [2.24, 2.45) is 0 Å². The normalized spacial score (nSPS) is 15.5. The highest BCUT2D eigenvalue weighted by Crippen LogP contribution is 2.34. The predicted octanol–water partition coefficient (Wildman–Crippen LogP) is 5.27. The van der Waals surface area contributed by atoms with E-state index in [0.717, 1.165) is 20.2 Å². The molecule has 0 aliphatic carbocycles. The Morgan fingerprint density at radius 2 is 1.85 bits per heavy atom. The number of anilines is 1. The zero-order valence-electron chi connectivity index (χ0n) is 13.5. The van der Waals surface area contributed by atoms with Crippen LogP contribution in [0.1, 0.15) is 5.56 Å². The minimum Gasteiger partial charge on any atom is -0.325 e. The summed E-state index contributed by atoms with van der Waals surface area (Å²) in [6.45, 7) is -0.359. The molecule has 3 amide bonds. The molecule has 0 saturated carbocycles. The molecule has 27 heavy (non-hydrogen) atoms. The van der Waals surface area contributed by atoms with Gasteiger partial charge in [0.1, 0.15) is 6.54 Å². The van der Waals surface area contributed by atoms with Crippen molar-refractivity contribution >= 4 is 86.4 Å². The van der Waals surface area contributed by atoms with Gasteiger partial charge in [-0.1, -0.05) is 29.3 Å². The van der Waals surface area contributed by atoms with Gasteiger partial charge < -0.3 is 5.32 Å². The highest BCUT2D eigenvalue weighted by molar-refractivity contribution is 14.1. The second-order valence-electron chi connectivity index (χ2n) is 5.49. The number of rotatable bonds is 4. The summed E-state index contributed by atoms with van der Waals surface area (Å²) in [5.41, 5.74) is 1.16. The number of carbonyl (C=O) groups is 3. The Balaban J connectivity index is 1.71. The fourth-order valence-corrected chi connectivity index (χ4v) is 3.93. The van der Waals surface area contributed by atoms with Crippen molar-refractivity contribution in [1.29, 1.82) is 0 Å². The van der Waals surface area contributed by atoms with E-state index in [1.165, 1.54) is 6.08 Å². The number of benzene rings is 2. The van der Waals surface area contributed by atoms with Crippen molar-refractivity contribution in [2.75, 3.05) is 11.9 Å². The number of halogens is 3. The molecular weight excluding hydrogens is 522 g/mol. The average molecular weight is 533 g/mol. The van der Waals surface area contributed by atoms with Gasteiger partial charge in [-0.2, -0.15) is 0 Å². The Bertz CT molecular complexity index is 964. The summed E-state index contributed by atoms with van der Waals surface area (Å²) < 4.78 is 1.03. The van der Waals surface area contributed by atoms with Gasteiger partial charge >= 0.3 is 0 Å². The summed E-state index contributed by atoms with van der Waals surface area (Å²) in [5, 5.41) is 3.00. The molecule has 2 aromatic rings. The van der Waals surface area contributed by atoms with Gasteiger partial charge in [-0.3, -0.25) is 19.3 Å². The van der Waals surface area contributed by atoms with Crippen LogP contribution in [0.3, 0.4) is 0 Å². The summed E-state index contributed by atoms with van der Waals surface area (Å²) >= 11 is 14.9. The fraction of sp³-hybridized carbons (Fsp3) is 0.0556. The molecule has 1 fully saturated rings. The maximum absolute atomic E-state index is 12.5. The van der Waals surface area contributed by atoms with E-state index in [1.54, 1.807) is 30.3 Å². The van der Waals surface area contributed by atoms with Gasteiger partial charge in [-0.05, 0) is 82.4 Å². The number of nitrogens with zero attached hydrogens (tertiary/aromatic N) is 1. The number of imide groups is 1. The molecule has 0 atom stereocenters. The number of nitrogens with one attached hydrogen (secondary N) is 1. The molecule has 3 rings (SSSR count). The summed E-state index contributed by atoms with van der Waals surface area (Å²) in [7, 11) is 0. The van der Waals surface area contributed by atoms with Crippen molar-refractivity contribution in [3.8, 4) is 0 Å². The van der Waals surface area contributed by atoms with E-state index < -0.39 is 17.1 Å². The Kier molecular flexibility index (Phi) is 6.46. The molecule has 1 N–H and O–H groups in total. The largest absolute Gasteiger partial charge is 0.325 e. The third kappa shape index (κ3) is 5.04. The lowest BCUT2D eigenvalue weighted by atomic mass is 10.2. The lowest BCUT2D eigenvalue weighted by Crippen LogP contribution is -2.36. The van der Waals surface area contributed by atoms with Crippen LogP contribution in [-0.2, 0) is 9.59 Å². The number of amides is 3. The van der Waals surface area contributed by atoms with Crippen LogP contribution in [0.25, 0.3) is 6.08 Å². The summed E-state index contributed by atoms with van der Waals surface area (Å²) in [4.78, 5) is 37.9. The SMILES string of the molecule is O=C(CN1C(=O)S/C(=C/c2ccc(Cl)cc2Cl)C1=O)Nc1ccc(I)cc1. The minimum atomic E-state index is -0.534. The predicted molar refractivity (Wildman–Crippen MR) is 117 cm³/mol. The molecule has 0 unspecified atom stereocenters. The lowest BCUT2D eigenvalue weighted by molar-refractivity contribution is -0.127. The molecule has 138 valence electrons. The zero-order chi connectivity index (χ0) is 19.6. The Labute approximate surface area is 183 Å². The first-order valence-electron chi connectivity index (χ1n) is 7.59. The van der Waals surface area contributed by atoms with E-state index in [2.05, 4.69) is 27.9 Å². The number of carbonyl (C=O) groups excluding carboxylic acids is 3. The first-order valence-corrected chi connectivity index (χ1v) is 10.2. The molecular formula is C18H11Cl2IN2O3S. The molecule has 1 aliphatic heterocycles. The molecule has 0 bridgehead atoms. The lowest BCUT2D eigenvalue weighted by Gasteiger charge is -2.12. The third-order valence-electron chi connectivity index (χ3n) is 3.55. The highest BCUT2D eigenvalue weighted by Gasteiger charge is 2.36. The van der Waals surface area contributed by atoms with Crippen molar-refractivity contribution in [1.82, 2.24) is 4.90 Å². The van der Waals surface area contributed by atoms with Crippen LogP contribution in [0.15, 0.2) is 47.4 Å². The molecule has 1 heterocycles. The van der Waals surface area contributed by atoms with Crippen LogP contribution < -0.4 is 5.32 Å². The first kappa shape index (κ1) is 20.2. The number of hydrogen-bond donors (Lipinski definition) is 1. The maximum Gasteiger partial charge on any atom is 0.294 e. The molecule has 5 nitrogen and oxygen atoms in total. The minimum absolute atomic E-state index is 0.200. The van der Waals surface area contributed by atoms with Crippen LogP contribution in [0.2, 0.25) is 10.0 Å². The summed E-state index contributed by atoms with van der Waals surface area (Å²) in [5.74, 6) is -0.988. The van der Waals surface area contributed by atoms with Crippen LogP contribution in [0.4, 0.5) is 10.5 Å². The van der Waals surface area contributed by atoms with Crippen LogP contribution in [-0.4, -0.2) is 28.5 Å². The molecule has 9 heteroatoms. The third-order valence-corrected chi connectivity index (χ3v) is 5.74. The molecule has 1 saturated heterocycles. The van der Waals surface area contributed by atoms with Crippen LogP contribution >= 0.6 is 57.6 Å². The van der Waals surface area contributed by atoms with Gasteiger partial charge in [0.15, 0.2) is 0 Å². The summed E-state index contributed by atoms with van der Waals surface area (Å²) in [6.07, 6.45) is 1.51. The molecule has 0 aromatic heterocycles. The quantitative estimate of drug-likeness (QED) is 0.430. The van der Waals surface area contributed by atoms with Gasteiger partial charge in [-0.15, -0.1) is 0 Å². The summed E-state index contributed by atoms with van der Waals surface area (Å²) in [6, 6.07) is 12.0. The monoisotopic (exact) mass is 532 g/mol. The molecule has 0 spiro atoms. The van der Waals surface area contributed by atoms with Gasteiger partial charge in [0.25, 0.3) is 11.1 Å². The highest BCUT2D eigenvalue weighted by atomic mass is 127. The first-order chi connectivity index (χ1) is 12.8. The maximum atomic E-state index is 12.5. The standard InChI is InChI=1S/C18H11Cl2IN2O3S/c19-11-2-1-10(14(20)8-11)7-15-17(25)23(18(26)27-15)9-16(24)22-13-5-3-12(21)4-6-13/h1-8H,9H2,(H,22,24)/b15-7+. The van der Waals surface area contributed by atoms with E-state index in [4.69, 9.17) is 23.2 Å². The second-order valence-corrected chi connectivity index (χ2v) is 8.57.